The Morgan fingerprint density at radius 1 is 1.35 bits per heavy atom. The van der Waals surface area contributed by atoms with Crippen molar-refractivity contribution in [1.82, 2.24) is 9.55 Å². The van der Waals surface area contributed by atoms with Gasteiger partial charge in [0, 0.05) is 29.9 Å². The topological polar surface area (TPSA) is 70.4 Å². The van der Waals surface area contributed by atoms with Gasteiger partial charge in [-0.1, -0.05) is 0 Å². The van der Waals surface area contributed by atoms with Crippen molar-refractivity contribution in [2.45, 2.75) is 39.4 Å². The third-order valence-electron chi connectivity index (χ3n) is 4.39. The van der Waals surface area contributed by atoms with Crippen LogP contribution in [0.25, 0.3) is 15.9 Å². The summed E-state index contributed by atoms with van der Waals surface area (Å²) in [4.78, 5) is 30.5. The molecule has 3 aromatic heterocycles. The van der Waals surface area contributed by atoms with Gasteiger partial charge in [0.25, 0.3) is 0 Å². The van der Waals surface area contributed by atoms with Crippen molar-refractivity contribution >= 4 is 33.5 Å². The summed E-state index contributed by atoms with van der Waals surface area (Å²) in [7, 11) is 0. The van der Waals surface area contributed by atoms with Gasteiger partial charge in [0.15, 0.2) is 0 Å². The van der Waals surface area contributed by atoms with E-state index in [2.05, 4.69) is 4.98 Å². The van der Waals surface area contributed by atoms with E-state index in [0.717, 1.165) is 27.2 Å². The molecule has 4 rings (SSSR count). The molecule has 6 nitrogen and oxygen atoms in total. The van der Waals surface area contributed by atoms with Crippen molar-refractivity contribution in [3.63, 3.8) is 0 Å². The Morgan fingerprint density at radius 2 is 2.08 bits per heavy atom. The average molecular weight is 370 g/mol. The zero-order valence-electron chi connectivity index (χ0n) is 14.7. The van der Waals surface area contributed by atoms with Gasteiger partial charge in [-0.3, -0.25) is 0 Å². The van der Waals surface area contributed by atoms with Gasteiger partial charge >= 0.3 is 11.9 Å². The second-order valence-electron chi connectivity index (χ2n) is 6.51. The second-order valence-corrected chi connectivity index (χ2v) is 7.51. The number of rotatable bonds is 3. The number of ether oxygens (including phenoxy) is 2. The third kappa shape index (κ3) is 2.78. The van der Waals surface area contributed by atoms with Gasteiger partial charge in [-0.25, -0.2) is 14.6 Å². The SMILES string of the molecule is Cc1cc(C)c2c(-n3cccc3)c(C(=O)O[C@@H]3C[C@@H](C)OC3=O)sc2n1. The van der Waals surface area contributed by atoms with Crippen LogP contribution >= 0.6 is 11.3 Å². The molecule has 1 saturated heterocycles. The second kappa shape index (κ2) is 6.25. The van der Waals surface area contributed by atoms with Crippen molar-refractivity contribution in [3.8, 4) is 5.69 Å². The molecule has 4 heterocycles. The number of cyclic esters (lactones) is 1. The molecule has 0 aliphatic carbocycles. The molecule has 26 heavy (non-hydrogen) atoms. The summed E-state index contributed by atoms with van der Waals surface area (Å²) >= 11 is 1.29. The standard InChI is InChI=1S/C19H18N2O4S/c1-10-8-11(2)20-17-14(10)15(21-6-4-5-7-21)16(26-17)19(23)25-13-9-12(3)24-18(13)22/h4-8,12-13H,9H2,1-3H3/t12-,13-/m1/s1. The molecule has 1 aliphatic heterocycles. The number of aryl methyl sites for hydroxylation is 2. The van der Waals surface area contributed by atoms with Crippen LogP contribution in [0.5, 0.6) is 0 Å². The lowest BCUT2D eigenvalue weighted by molar-refractivity contribution is -0.147. The first-order valence-electron chi connectivity index (χ1n) is 8.39. The van der Waals surface area contributed by atoms with E-state index in [9.17, 15) is 9.59 Å². The molecule has 0 bridgehead atoms. The number of pyridine rings is 1. The molecular formula is C19H18N2O4S. The predicted octanol–water partition coefficient (Wildman–Crippen LogP) is 3.56. The number of carbonyl (C=O) groups is 2. The zero-order chi connectivity index (χ0) is 18.4. The van der Waals surface area contributed by atoms with Gasteiger partial charge < -0.3 is 14.0 Å². The molecule has 1 fully saturated rings. The fraction of sp³-hybridized carbons (Fsp3) is 0.316. The molecule has 1 aliphatic rings. The monoisotopic (exact) mass is 370 g/mol. The van der Waals surface area contributed by atoms with Gasteiger partial charge in [-0.05, 0) is 44.5 Å². The Bertz CT molecular complexity index is 1010. The van der Waals surface area contributed by atoms with E-state index in [1.165, 1.54) is 11.3 Å². The lowest BCUT2D eigenvalue weighted by atomic mass is 10.1. The van der Waals surface area contributed by atoms with E-state index >= 15 is 0 Å². The molecule has 134 valence electrons. The van der Waals surface area contributed by atoms with Crippen LogP contribution in [0.1, 0.15) is 34.3 Å². The summed E-state index contributed by atoms with van der Waals surface area (Å²) in [5, 5.41) is 0.922. The van der Waals surface area contributed by atoms with Gasteiger partial charge in [0.05, 0.1) is 5.69 Å². The first-order valence-corrected chi connectivity index (χ1v) is 9.21. The van der Waals surface area contributed by atoms with Crippen molar-refractivity contribution in [3.05, 3.63) is 46.7 Å². The highest BCUT2D eigenvalue weighted by Crippen LogP contribution is 2.36. The average Bonchev–Trinajstić information content (AvgIpc) is 3.26. The molecule has 0 saturated carbocycles. The van der Waals surface area contributed by atoms with Gasteiger partial charge in [-0.2, -0.15) is 0 Å². The van der Waals surface area contributed by atoms with Crippen LogP contribution in [-0.2, 0) is 14.3 Å². The number of hydrogen-bond acceptors (Lipinski definition) is 6. The molecule has 2 atom stereocenters. The number of thiophene rings is 1. The zero-order valence-corrected chi connectivity index (χ0v) is 15.5. The fourth-order valence-corrected chi connectivity index (χ4v) is 4.47. The van der Waals surface area contributed by atoms with Crippen molar-refractivity contribution in [2.24, 2.45) is 0 Å². The molecule has 3 aromatic rings. The Morgan fingerprint density at radius 3 is 2.73 bits per heavy atom. The minimum atomic E-state index is -0.851. The highest BCUT2D eigenvalue weighted by molar-refractivity contribution is 7.21. The van der Waals surface area contributed by atoms with Crippen molar-refractivity contribution in [2.75, 3.05) is 0 Å². The number of hydrogen-bond donors (Lipinski definition) is 0. The van der Waals surface area contributed by atoms with Crippen LogP contribution in [-0.4, -0.2) is 33.7 Å². The van der Waals surface area contributed by atoms with Gasteiger partial charge in [0.1, 0.15) is 15.8 Å². The van der Waals surface area contributed by atoms with E-state index in [1.807, 2.05) is 49.0 Å². The van der Waals surface area contributed by atoms with E-state index < -0.39 is 18.0 Å². The van der Waals surface area contributed by atoms with Crippen molar-refractivity contribution in [1.29, 1.82) is 0 Å². The molecule has 0 unspecified atom stereocenters. The number of aromatic nitrogens is 2. The third-order valence-corrected chi connectivity index (χ3v) is 5.44. The molecular weight excluding hydrogens is 352 g/mol. The maximum absolute atomic E-state index is 12.9. The number of esters is 2. The summed E-state index contributed by atoms with van der Waals surface area (Å²) < 4.78 is 12.4. The Kier molecular flexibility index (Phi) is 4.03. The largest absolute Gasteiger partial charge is 0.460 e. The minimum absolute atomic E-state index is 0.238. The first kappa shape index (κ1) is 16.8. The van der Waals surface area contributed by atoms with Crippen LogP contribution < -0.4 is 0 Å². The summed E-state index contributed by atoms with van der Waals surface area (Å²) in [6, 6.07) is 5.78. The Labute approximate surface area is 154 Å². The molecule has 0 radical (unpaired) electrons. The molecule has 0 aromatic carbocycles. The van der Waals surface area contributed by atoms with Crippen LogP contribution in [0.15, 0.2) is 30.6 Å². The van der Waals surface area contributed by atoms with Crippen LogP contribution in [0.3, 0.4) is 0 Å². The maximum Gasteiger partial charge on any atom is 0.351 e. The summed E-state index contributed by atoms with van der Waals surface area (Å²) in [6.45, 7) is 5.71. The highest BCUT2D eigenvalue weighted by atomic mass is 32.1. The van der Waals surface area contributed by atoms with Gasteiger partial charge in [0.2, 0.25) is 6.10 Å². The first-order chi connectivity index (χ1) is 12.4. The number of carbonyl (C=O) groups excluding carboxylic acids is 2. The maximum atomic E-state index is 12.9. The molecule has 7 heteroatoms. The van der Waals surface area contributed by atoms with Crippen molar-refractivity contribution < 1.29 is 19.1 Å². The smallest absolute Gasteiger partial charge is 0.351 e. The summed E-state index contributed by atoms with van der Waals surface area (Å²) in [6.07, 6.45) is 3.05. The van der Waals surface area contributed by atoms with E-state index in [-0.39, 0.29) is 6.10 Å². The van der Waals surface area contributed by atoms with Gasteiger partial charge in [-0.15, -0.1) is 11.3 Å². The van der Waals surface area contributed by atoms with E-state index in [0.29, 0.717) is 11.3 Å². The predicted molar refractivity (Wildman–Crippen MR) is 97.8 cm³/mol. The Balaban J connectivity index is 1.81. The quantitative estimate of drug-likeness (QED) is 0.659. The van der Waals surface area contributed by atoms with E-state index in [1.54, 1.807) is 6.92 Å². The number of nitrogens with zero attached hydrogens (tertiary/aromatic N) is 2. The van der Waals surface area contributed by atoms with E-state index in [4.69, 9.17) is 9.47 Å². The lowest BCUT2D eigenvalue weighted by Crippen LogP contribution is -2.22. The van der Waals surface area contributed by atoms with Crippen LogP contribution in [0, 0.1) is 13.8 Å². The summed E-state index contributed by atoms with van der Waals surface area (Å²) in [5.41, 5.74) is 2.67. The molecule has 0 N–H and O–H groups in total. The number of fused-ring (bicyclic) bond motifs is 1. The van der Waals surface area contributed by atoms with Crippen LogP contribution in [0.2, 0.25) is 0 Å². The summed E-state index contributed by atoms with van der Waals surface area (Å²) in [5.74, 6) is -1.01. The molecule has 0 spiro atoms. The lowest BCUT2D eigenvalue weighted by Gasteiger charge is -2.10. The highest BCUT2D eigenvalue weighted by Gasteiger charge is 2.36. The Hall–Kier alpha value is -2.67. The molecule has 0 amide bonds. The van der Waals surface area contributed by atoms with Crippen LogP contribution in [0.4, 0.5) is 0 Å². The minimum Gasteiger partial charge on any atom is -0.460 e. The fourth-order valence-electron chi connectivity index (χ4n) is 3.29. The normalized spacial score (nSPS) is 19.7.